The summed E-state index contributed by atoms with van der Waals surface area (Å²) in [6.07, 6.45) is 0. The zero-order valence-electron chi connectivity index (χ0n) is 21.3. The molecule has 9 heteroatoms. The van der Waals surface area contributed by atoms with Gasteiger partial charge in [-0.25, -0.2) is 8.42 Å². The SMILES string of the molecule is O=S(=O)([O-])C(F)(F)F.c1ccc(-c2cc3ccccc3c3cccc(-n4c5ccccc5c5ccccc54)[n+]23)cc1. The second-order valence-corrected chi connectivity index (χ2v) is 10.7. The highest BCUT2D eigenvalue weighted by molar-refractivity contribution is 7.86. The first-order valence-corrected chi connectivity index (χ1v) is 14.0. The first kappa shape index (κ1) is 26.5. The lowest BCUT2D eigenvalue weighted by atomic mass is 10.0. The Labute approximate surface area is 233 Å². The average molecular weight is 571 g/mol. The van der Waals surface area contributed by atoms with E-state index in [0.717, 1.165) is 5.82 Å². The van der Waals surface area contributed by atoms with Crippen LogP contribution < -0.4 is 4.40 Å². The van der Waals surface area contributed by atoms with E-state index in [9.17, 15) is 13.2 Å². The van der Waals surface area contributed by atoms with E-state index in [1.165, 1.54) is 49.4 Å². The molecular formula is C32H21F3N2O3S. The number of benzene rings is 4. The van der Waals surface area contributed by atoms with Gasteiger partial charge >= 0.3 is 5.51 Å². The maximum Gasteiger partial charge on any atom is 0.485 e. The highest BCUT2D eigenvalue weighted by Crippen LogP contribution is 2.32. The molecule has 0 radical (unpaired) electrons. The van der Waals surface area contributed by atoms with Crippen molar-refractivity contribution in [1.82, 2.24) is 4.57 Å². The van der Waals surface area contributed by atoms with Crippen LogP contribution in [0.5, 0.6) is 0 Å². The number of rotatable bonds is 2. The summed E-state index contributed by atoms with van der Waals surface area (Å²) in [5.74, 6) is 1.13. The average Bonchev–Trinajstić information content (AvgIpc) is 3.30. The number of hydrogen-bond donors (Lipinski definition) is 0. The Bertz CT molecular complexity index is 2120. The van der Waals surface area contributed by atoms with Crippen LogP contribution >= 0.6 is 0 Å². The van der Waals surface area contributed by atoms with E-state index in [1.807, 2.05) is 0 Å². The molecule has 0 saturated carbocycles. The summed E-state index contributed by atoms with van der Waals surface area (Å²) < 4.78 is 63.7. The van der Waals surface area contributed by atoms with E-state index in [1.54, 1.807) is 0 Å². The third-order valence-corrected chi connectivity index (χ3v) is 7.47. The van der Waals surface area contributed by atoms with Gasteiger partial charge < -0.3 is 4.55 Å². The van der Waals surface area contributed by atoms with Crippen molar-refractivity contribution in [3.05, 3.63) is 127 Å². The van der Waals surface area contributed by atoms with Gasteiger partial charge in [-0.1, -0.05) is 78.9 Å². The van der Waals surface area contributed by atoms with E-state index in [2.05, 4.69) is 136 Å². The van der Waals surface area contributed by atoms with Crippen LogP contribution in [-0.4, -0.2) is 23.0 Å². The smallest absolute Gasteiger partial charge is 0.485 e. The third-order valence-electron chi connectivity index (χ3n) is 6.90. The number of aromatic nitrogens is 2. The van der Waals surface area contributed by atoms with Crippen LogP contribution in [0.25, 0.3) is 55.2 Å². The second kappa shape index (κ2) is 10.0. The van der Waals surface area contributed by atoms with Gasteiger partial charge in [0.05, 0.1) is 0 Å². The first-order valence-electron chi connectivity index (χ1n) is 12.6. The number of nitrogens with zero attached hydrogens (tertiary/aromatic N) is 2. The summed E-state index contributed by atoms with van der Waals surface area (Å²) in [5, 5.41) is 5.04. The van der Waals surface area contributed by atoms with Crippen molar-refractivity contribution in [1.29, 1.82) is 0 Å². The highest BCUT2D eigenvalue weighted by Gasteiger charge is 2.37. The Hall–Kier alpha value is -4.73. The Morgan fingerprint density at radius 2 is 1.15 bits per heavy atom. The molecule has 3 aromatic heterocycles. The van der Waals surface area contributed by atoms with Gasteiger partial charge in [0.15, 0.2) is 10.1 Å². The lowest BCUT2D eigenvalue weighted by molar-refractivity contribution is -0.492. The predicted molar refractivity (Wildman–Crippen MR) is 153 cm³/mol. The maximum atomic E-state index is 10.7. The van der Waals surface area contributed by atoms with E-state index >= 15 is 0 Å². The van der Waals surface area contributed by atoms with Crippen molar-refractivity contribution in [2.75, 3.05) is 0 Å². The molecule has 3 heterocycles. The molecule has 0 amide bonds. The standard InChI is InChI=1S/C31H21N2.CHF3O3S/c1-2-11-22(12-3-1)30-21-23-13-4-5-14-24(23)27-19-10-20-31(33(27)30)32-28-17-8-6-15-25(28)26-16-7-9-18-29(26)32;2-1(3,4)8(5,6)7/h1-21H;(H,5,6,7)/q+1;/p-1. The van der Waals surface area contributed by atoms with E-state index in [4.69, 9.17) is 13.0 Å². The molecule has 4 aromatic carbocycles. The maximum absolute atomic E-state index is 10.7. The fourth-order valence-electron chi connectivity index (χ4n) is 5.19. The van der Waals surface area contributed by atoms with Gasteiger partial charge in [0.25, 0.3) is 5.82 Å². The Morgan fingerprint density at radius 1 is 0.634 bits per heavy atom. The normalized spacial score (nSPS) is 12.1. The van der Waals surface area contributed by atoms with Gasteiger partial charge in [0, 0.05) is 27.8 Å². The molecular weight excluding hydrogens is 549 g/mol. The van der Waals surface area contributed by atoms with E-state index in [-0.39, 0.29) is 0 Å². The minimum atomic E-state index is -6.09. The summed E-state index contributed by atoms with van der Waals surface area (Å²) in [6, 6.07) is 45.7. The molecule has 7 aromatic rings. The number of hydrogen-bond acceptors (Lipinski definition) is 3. The molecule has 0 spiro atoms. The molecule has 0 unspecified atom stereocenters. The molecule has 0 aliphatic carbocycles. The van der Waals surface area contributed by atoms with Crippen LogP contribution in [0.3, 0.4) is 0 Å². The Kier molecular flexibility index (Phi) is 6.48. The predicted octanol–water partition coefficient (Wildman–Crippen LogP) is 7.39. The first-order chi connectivity index (χ1) is 19.6. The second-order valence-electron chi connectivity index (χ2n) is 9.36. The van der Waals surface area contributed by atoms with Crippen LogP contribution in [0.15, 0.2) is 127 Å². The number of fused-ring (bicyclic) bond motifs is 6. The Balaban J connectivity index is 0.000000334. The zero-order chi connectivity index (χ0) is 28.8. The molecule has 5 nitrogen and oxygen atoms in total. The van der Waals surface area contributed by atoms with Crippen molar-refractivity contribution >= 4 is 48.2 Å². The molecule has 0 bridgehead atoms. The molecule has 7 rings (SSSR count). The zero-order valence-corrected chi connectivity index (χ0v) is 22.1. The molecule has 0 atom stereocenters. The van der Waals surface area contributed by atoms with Gasteiger partial charge in [-0.05, 0) is 47.9 Å². The van der Waals surface area contributed by atoms with Crippen LogP contribution in [0, 0.1) is 0 Å². The van der Waals surface area contributed by atoms with Crippen LogP contribution in [-0.2, 0) is 10.1 Å². The van der Waals surface area contributed by atoms with Crippen LogP contribution in [0.2, 0.25) is 0 Å². The van der Waals surface area contributed by atoms with E-state index < -0.39 is 15.6 Å². The van der Waals surface area contributed by atoms with Crippen LogP contribution in [0.1, 0.15) is 0 Å². The van der Waals surface area contributed by atoms with Crippen molar-refractivity contribution in [3.63, 3.8) is 0 Å². The summed E-state index contributed by atoms with van der Waals surface area (Å²) in [4.78, 5) is 0. The molecule has 0 fully saturated rings. The molecule has 0 saturated heterocycles. The fourth-order valence-corrected chi connectivity index (χ4v) is 5.19. The van der Waals surface area contributed by atoms with Gasteiger partial charge in [-0.3, -0.25) is 0 Å². The monoisotopic (exact) mass is 570 g/mol. The molecule has 0 aliphatic rings. The summed E-state index contributed by atoms with van der Waals surface area (Å²) in [6.45, 7) is 0. The van der Waals surface area contributed by atoms with Gasteiger partial charge in [0.2, 0.25) is 0 Å². The number of halogens is 3. The molecule has 0 N–H and O–H groups in total. The summed E-state index contributed by atoms with van der Waals surface area (Å²) in [5.41, 5.74) is 0.365. The topological polar surface area (TPSA) is 66.2 Å². The minimum Gasteiger partial charge on any atom is -0.741 e. The summed E-state index contributed by atoms with van der Waals surface area (Å²) in [7, 11) is -6.09. The van der Waals surface area contributed by atoms with Crippen molar-refractivity contribution in [3.8, 4) is 17.1 Å². The number of alkyl halides is 3. The highest BCUT2D eigenvalue weighted by atomic mass is 32.2. The molecule has 0 aliphatic heterocycles. The largest absolute Gasteiger partial charge is 0.741 e. The quantitative estimate of drug-likeness (QED) is 0.0942. The number of pyridine rings is 2. The van der Waals surface area contributed by atoms with Crippen molar-refractivity contribution in [2.45, 2.75) is 5.51 Å². The van der Waals surface area contributed by atoms with Gasteiger partial charge in [0.1, 0.15) is 22.2 Å². The molecule has 204 valence electrons. The van der Waals surface area contributed by atoms with Gasteiger partial charge in [-0.2, -0.15) is 22.1 Å². The summed E-state index contributed by atoms with van der Waals surface area (Å²) >= 11 is 0. The minimum absolute atomic E-state index is 1.13. The van der Waals surface area contributed by atoms with Crippen molar-refractivity contribution < 1.29 is 30.5 Å². The lowest BCUT2D eigenvalue weighted by Crippen LogP contribution is -2.31. The number of para-hydroxylation sites is 2. The van der Waals surface area contributed by atoms with Gasteiger partial charge in [-0.15, -0.1) is 0 Å². The van der Waals surface area contributed by atoms with Crippen LogP contribution in [0.4, 0.5) is 13.2 Å². The lowest BCUT2D eigenvalue weighted by Gasteiger charge is -2.12. The van der Waals surface area contributed by atoms with E-state index in [0.29, 0.717) is 0 Å². The third kappa shape index (κ3) is 4.69. The Morgan fingerprint density at radius 3 is 1.73 bits per heavy atom. The van der Waals surface area contributed by atoms with Crippen molar-refractivity contribution in [2.24, 2.45) is 0 Å². The molecule has 41 heavy (non-hydrogen) atoms. The fraction of sp³-hybridized carbons (Fsp3) is 0.0312.